The maximum Gasteiger partial charge on any atom is 0.128 e. The summed E-state index contributed by atoms with van der Waals surface area (Å²) >= 11 is 0. The van der Waals surface area contributed by atoms with Gasteiger partial charge in [-0.05, 0) is 36.8 Å². The highest BCUT2D eigenvalue weighted by Gasteiger charge is 2.04. The fourth-order valence-corrected chi connectivity index (χ4v) is 1.52. The highest BCUT2D eigenvalue weighted by Crippen LogP contribution is 2.15. The standard InChI is InChI=1S/C13H12F2N2/c1-9-4-5-16-8-13(9)17-7-10-6-11(14)2-3-12(10)15/h2-6,8,17H,7H2,1H3. The Balaban J connectivity index is 2.12. The third kappa shape index (κ3) is 2.78. The summed E-state index contributed by atoms with van der Waals surface area (Å²) in [5.74, 6) is -0.855. The summed E-state index contributed by atoms with van der Waals surface area (Å²) in [4.78, 5) is 3.97. The van der Waals surface area contributed by atoms with Gasteiger partial charge in [-0.1, -0.05) is 0 Å². The number of aryl methyl sites for hydroxylation is 1. The summed E-state index contributed by atoms with van der Waals surface area (Å²) in [6, 6.07) is 5.27. The first-order chi connectivity index (χ1) is 8.16. The fraction of sp³-hybridized carbons (Fsp3) is 0.154. The minimum absolute atomic E-state index is 0.232. The quantitative estimate of drug-likeness (QED) is 0.881. The van der Waals surface area contributed by atoms with Crippen molar-refractivity contribution >= 4 is 5.69 Å². The molecule has 4 heteroatoms. The number of aromatic nitrogens is 1. The normalized spacial score (nSPS) is 10.3. The van der Waals surface area contributed by atoms with Crippen LogP contribution in [-0.2, 0) is 6.54 Å². The average Bonchev–Trinajstić information content (AvgIpc) is 2.32. The van der Waals surface area contributed by atoms with E-state index >= 15 is 0 Å². The number of pyridine rings is 1. The molecule has 0 radical (unpaired) electrons. The molecule has 0 saturated heterocycles. The molecule has 0 unspecified atom stereocenters. The molecule has 0 atom stereocenters. The Morgan fingerprint density at radius 2 is 2.06 bits per heavy atom. The number of rotatable bonds is 3. The molecule has 0 amide bonds. The van der Waals surface area contributed by atoms with Gasteiger partial charge in [0.2, 0.25) is 0 Å². The van der Waals surface area contributed by atoms with Crippen molar-refractivity contribution in [3.63, 3.8) is 0 Å². The van der Waals surface area contributed by atoms with Gasteiger partial charge in [-0.3, -0.25) is 4.98 Å². The zero-order valence-corrected chi connectivity index (χ0v) is 9.37. The molecular weight excluding hydrogens is 222 g/mol. The van der Waals surface area contributed by atoms with Gasteiger partial charge in [-0.25, -0.2) is 8.78 Å². The number of benzene rings is 1. The van der Waals surface area contributed by atoms with E-state index < -0.39 is 11.6 Å². The van der Waals surface area contributed by atoms with Crippen LogP contribution in [0.3, 0.4) is 0 Å². The van der Waals surface area contributed by atoms with Gasteiger partial charge in [-0.2, -0.15) is 0 Å². The maximum absolute atomic E-state index is 13.4. The Labute approximate surface area is 98.3 Å². The van der Waals surface area contributed by atoms with Gasteiger partial charge < -0.3 is 5.32 Å². The summed E-state index contributed by atoms with van der Waals surface area (Å²) in [5, 5.41) is 3.03. The Hall–Kier alpha value is -1.97. The molecule has 0 aliphatic heterocycles. The third-order valence-electron chi connectivity index (χ3n) is 2.52. The molecule has 88 valence electrons. The van der Waals surface area contributed by atoms with E-state index in [1.165, 1.54) is 6.07 Å². The van der Waals surface area contributed by atoms with E-state index in [-0.39, 0.29) is 6.54 Å². The molecular formula is C13H12F2N2. The molecule has 2 rings (SSSR count). The second-order valence-electron chi connectivity index (χ2n) is 3.78. The summed E-state index contributed by atoms with van der Waals surface area (Å²) in [5.41, 5.74) is 2.13. The summed E-state index contributed by atoms with van der Waals surface area (Å²) in [6.07, 6.45) is 3.34. The first kappa shape index (κ1) is 11.5. The minimum Gasteiger partial charge on any atom is -0.379 e. The van der Waals surface area contributed by atoms with Gasteiger partial charge in [0.1, 0.15) is 11.6 Å². The van der Waals surface area contributed by atoms with Crippen molar-refractivity contribution in [2.75, 3.05) is 5.32 Å². The molecule has 2 aromatic rings. The number of nitrogens with zero attached hydrogens (tertiary/aromatic N) is 1. The number of anilines is 1. The van der Waals surface area contributed by atoms with Gasteiger partial charge in [-0.15, -0.1) is 0 Å². The second-order valence-corrected chi connectivity index (χ2v) is 3.78. The molecule has 0 spiro atoms. The van der Waals surface area contributed by atoms with Crippen LogP contribution in [0.25, 0.3) is 0 Å². The molecule has 17 heavy (non-hydrogen) atoms. The average molecular weight is 234 g/mol. The maximum atomic E-state index is 13.4. The van der Waals surface area contributed by atoms with Crippen molar-refractivity contribution in [1.82, 2.24) is 4.98 Å². The van der Waals surface area contributed by atoms with Gasteiger partial charge in [0.25, 0.3) is 0 Å². The molecule has 1 aromatic heterocycles. The Morgan fingerprint density at radius 1 is 1.24 bits per heavy atom. The van der Waals surface area contributed by atoms with Crippen LogP contribution in [0, 0.1) is 18.6 Å². The SMILES string of the molecule is Cc1ccncc1NCc1cc(F)ccc1F. The lowest BCUT2D eigenvalue weighted by Gasteiger charge is -2.09. The van der Waals surface area contributed by atoms with E-state index in [2.05, 4.69) is 10.3 Å². The predicted molar refractivity (Wildman–Crippen MR) is 62.7 cm³/mol. The molecule has 0 aliphatic carbocycles. The van der Waals surface area contributed by atoms with Crippen molar-refractivity contribution in [3.8, 4) is 0 Å². The smallest absolute Gasteiger partial charge is 0.128 e. The second kappa shape index (κ2) is 4.91. The molecule has 2 nitrogen and oxygen atoms in total. The zero-order valence-electron chi connectivity index (χ0n) is 9.37. The lowest BCUT2D eigenvalue weighted by molar-refractivity contribution is 0.587. The number of hydrogen-bond donors (Lipinski definition) is 1. The number of halogens is 2. The molecule has 0 saturated carbocycles. The molecule has 0 fully saturated rings. The van der Waals surface area contributed by atoms with E-state index in [4.69, 9.17) is 0 Å². The van der Waals surface area contributed by atoms with E-state index in [1.807, 2.05) is 13.0 Å². The van der Waals surface area contributed by atoms with E-state index in [9.17, 15) is 8.78 Å². The van der Waals surface area contributed by atoms with Crippen LogP contribution in [0.15, 0.2) is 36.7 Å². The Kier molecular flexibility index (Phi) is 3.32. The molecule has 0 bridgehead atoms. The van der Waals surface area contributed by atoms with Crippen molar-refractivity contribution in [1.29, 1.82) is 0 Å². The summed E-state index contributed by atoms with van der Waals surface area (Å²) in [6.45, 7) is 2.15. The van der Waals surface area contributed by atoms with Crippen LogP contribution in [0.5, 0.6) is 0 Å². The van der Waals surface area contributed by atoms with Crippen molar-refractivity contribution in [3.05, 3.63) is 59.4 Å². The van der Waals surface area contributed by atoms with Gasteiger partial charge in [0.15, 0.2) is 0 Å². The molecule has 1 aromatic carbocycles. The zero-order chi connectivity index (χ0) is 12.3. The Bertz CT molecular complexity index is 527. The monoisotopic (exact) mass is 234 g/mol. The van der Waals surface area contributed by atoms with Gasteiger partial charge >= 0.3 is 0 Å². The van der Waals surface area contributed by atoms with E-state index in [0.29, 0.717) is 5.56 Å². The summed E-state index contributed by atoms with van der Waals surface area (Å²) in [7, 11) is 0. The van der Waals surface area contributed by atoms with E-state index in [1.54, 1.807) is 12.4 Å². The lowest BCUT2D eigenvalue weighted by Crippen LogP contribution is -2.03. The first-order valence-electron chi connectivity index (χ1n) is 5.25. The van der Waals surface area contributed by atoms with Crippen LogP contribution in [0.1, 0.15) is 11.1 Å². The third-order valence-corrected chi connectivity index (χ3v) is 2.52. The van der Waals surface area contributed by atoms with Crippen molar-refractivity contribution in [2.45, 2.75) is 13.5 Å². The van der Waals surface area contributed by atoms with Crippen LogP contribution in [-0.4, -0.2) is 4.98 Å². The highest BCUT2D eigenvalue weighted by atomic mass is 19.1. The predicted octanol–water partition coefficient (Wildman–Crippen LogP) is 3.28. The van der Waals surface area contributed by atoms with Crippen LogP contribution >= 0.6 is 0 Å². The Morgan fingerprint density at radius 3 is 2.82 bits per heavy atom. The number of hydrogen-bond acceptors (Lipinski definition) is 2. The molecule has 1 heterocycles. The van der Waals surface area contributed by atoms with Crippen LogP contribution in [0.2, 0.25) is 0 Å². The van der Waals surface area contributed by atoms with Gasteiger partial charge in [0.05, 0.1) is 11.9 Å². The summed E-state index contributed by atoms with van der Waals surface area (Å²) < 4.78 is 26.3. The number of nitrogens with one attached hydrogen (secondary N) is 1. The van der Waals surface area contributed by atoms with Crippen molar-refractivity contribution in [2.24, 2.45) is 0 Å². The molecule has 0 aliphatic rings. The minimum atomic E-state index is -0.439. The van der Waals surface area contributed by atoms with Crippen LogP contribution < -0.4 is 5.32 Å². The lowest BCUT2D eigenvalue weighted by atomic mass is 10.2. The van der Waals surface area contributed by atoms with Crippen molar-refractivity contribution < 1.29 is 8.78 Å². The van der Waals surface area contributed by atoms with Gasteiger partial charge in [0, 0.05) is 18.3 Å². The highest BCUT2D eigenvalue weighted by molar-refractivity contribution is 5.48. The van der Waals surface area contributed by atoms with E-state index in [0.717, 1.165) is 23.4 Å². The van der Waals surface area contributed by atoms with Crippen LogP contribution in [0.4, 0.5) is 14.5 Å². The topological polar surface area (TPSA) is 24.9 Å². The fourth-order valence-electron chi connectivity index (χ4n) is 1.52. The molecule has 1 N–H and O–H groups in total. The largest absolute Gasteiger partial charge is 0.379 e. The first-order valence-corrected chi connectivity index (χ1v) is 5.25.